The molecule has 4 aromatic carbocycles. The van der Waals surface area contributed by atoms with Crippen LogP contribution >= 0.6 is 23.2 Å². The third-order valence-corrected chi connectivity index (χ3v) is 6.72. The standard InChI is InChI=1S/C30H16Cl2F8O/c1-3-15-7-11-23(27(33)25(15)17-5-9-21(31)19(13-17)29(35,36)37)41-24-12-8-16(4-2)26(28(24)34)18-6-10-22(32)20(14-18)30(38,39)40/h3-14H,1-2H2. The zero-order valence-electron chi connectivity index (χ0n) is 20.5. The maximum atomic E-state index is 15.8. The van der Waals surface area contributed by atoms with Crippen LogP contribution in [0.15, 0.2) is 73.8 Å². The van der Waals surface area contributed by atoms with Crippen molar-refractivity contribution in [1.82, 2.24) is 0 Å². The van der Waals surface area contributed by atoms with Crippen LogP contribution in [-0.4, -0.2) is 0 Å². The van der Waals surface area contributed by atoms with Gasteiger partial charge in [-0.15, -0.1) is 0 Å². The molecule has 0 saturated carbocycles. The Morgan fingerprint density at radius 3 is 1.27 bits per heavy atom. The fraction of sp³-hybridized carbons (Fsp3) is 0.0667. The molecule has 0 aromatic heterocycles. The van der Waals surface area contributed by atoms with Gasteiger partial charge in [-0.2, -0.15) is 26.3 Å². The maximum absolute atomic E-state index is 15.8. The maximum Gasteiger partial charge on any atom is 0.417 e. The fourth-order valence-corrected chi connectivity index (χ4v) is 4.59. The lowest BCUT2D eigenvalue weighted by Gasteiger charge is -2.17. The van der Waals surface area contributed by atoms with Gasteiger partial charge in [-0.05, 0) is 58.7 Å². The summed E-state index contributed by atoms with van der Waals surface area (Å²) in [7, 11) is 0. The Labute approximate surface area is 238 Å². The largest absolute Gasteiger partial charge is 0.451 e. The first-order chi connectivity index (χ1) is 19.2. The molecule has 0 radical (unpaired) electrons. The minimum atomic E-state index is -4.83. The lowest BCUT2D eigenvalue weighted by Crippen LogP contribution is -2.06. The first-order valence-electron chi connectivity index (χ1n) is 11.5. The van der Waals surface area contributed by atoms with Gasteiger partial charge in [0.25, 0.3) is 0 Å². The Bertz CT molecular complexity index is 1550. The Kier molecular flexibility index (Phi) is 8.25. The van der Waals surface area contributed by atoms with E-state index in [0.717, 1.165) is 24.3 Å². The Balaban J connectivity index is 1.86. The van der Waals surface area contributed by atoms with Crippen LogP contribution < -0.4 is 4.74 Å². The zero-order valence-corrected chi connectivity index (χ0v) is 22.0. The highest BCUT2D eigenvalue weighted by Gasteiger charge is 2.35. The summed E-state index contributed by atoms with van der Waals surface area (Å²) >= 11 is 11.4. The molecule has 4 aromatic rings. The zero-order chi connectivity index (χ0) is 30.3. The molecule has 0 atom stereocenters. The van der Waals surface area contributed by atoms with Crippen LogP contribution in [0.25, 0.3) is 34.4 Å². The first kappa shape index (κ1) is 30.1. The van der Waals surface area contributed by atoms with Gasteiger partial charge in [-0.3, -0.25) is 0 Å². The Morgan fingerprint density at radius 1 is 0.585 bits per heavy atom. The second-order valence-corrected chi connectivity index (χ2v) is 9.39. The second kappa shape index (κ2) is 11.2. The van der Waals surface area contributed by atoms with Crippen LogP contribution in [0, 0.1) is 11.6 Å². The van der Waals surface area contributed by atoms with Gasteiger partial charge in [0, 0.05) is 11.1 Å². The smallest absolute Gasteiger partial charge is 0.417 e. The molecule has 0 N–H and O–H groups in total. The summed E-state index contributed by atoms with van der Waals surface area (Å²) in [5, 5.41) is -1.19. The average Bonchev–Trinajstić information content (AvgIpc) is 2.90. The molecule has 0 fully saturated rings. The molecule has 0 aliphatic heterocycles. The van der Waals surface area contributed by atoms with Crippen LogP contribution in [0.2, 0.25) is 10.0 Å². The van der Waals surface area contributed by atoms with Crippen molar-refractivity contribution >= 4 is 35.4 Å². The van der Waals surface area contributed by atoms with Crippen molar-refractivity contribution in [3.63, 3.8) is 0 Å². The topological polar surface area (TPSA) is 9.23 Å². The highest BCUT2D eigenvalue weighted by Crippen LogP contribution is 2.43. The molecule has 0 unspecified atom stereocenters. The van der Waals surface area contributed by atoms with Gasteiger partial charge < -0.3 is 4.74 Å². The molecule has 41 heavy (non-hydrogen) atoms. The SMILES string of the molecule is C=Cc1ccc(Oc2ccc(C=C)c(-c3ccc(Cl)c(C(F)(F)F)c3)c2F)c(F)c1-c1ccc(Cl)c(C(F)(F)F)c1. The summed E-state index contributed by atoms with van der Waals surface area (Å²) in [5.41, 5.74) is -3.24. The van der Waals surface area contributed by atoms with Crippen LogP contribution in [0.3, 0.4) is 0 Å². The predicted molar refractivity (Wildman–Crippen MR) is 144 cm³/mol. The first-order valence-corrected chi connectivity index (χ1v) is 12.2. The summed E-state index contributed by atoms with van der Waals surface area (Å²) < 4.78 is 118. The molecule has 11 heteroatoms. The highest BCUT2D eigenvalue weighted by molar-refractivity contribution is 6.31. The van der Waals surface area contributed by atoms with E-state index in [1.165, 1.54) is 36.4 Å². The minimum Gasteiger partial charge on any atom is -0.451 e. The molecule has 0 bridgehead atoms. The number of hydrogen-bond acceptors (Lipinski definition) is 1. The number of halogens is 10. The monoisotopic (exact) mass is 614 g/mol. The molecule has 0 spiro atoms. The lowest BCUT2D eigenvalue weighted by molar-refractivity contribution is -0.138. The van der Waals surface area contributed by atoms with Crippen molar-refractivity contribution in [1.29, 1.82) is 0 Å². The van der Waals surface area contributed by atoms with Gasteiger partial charge in [0.15, 0.2) is 23.1 Å². The number of alkyl halides is 6. The summed E-state index contributed by atoms with van der Waals surface area (Å²) in [6, 6.07) is 10.4. The predicted octanol–water partition coefficient (Wildman–Crippen LogP) is 11.7. The van der Waals surface area contributed by atoms with Crippen molar-refractivity contribution in [3.8, 4) is 33.8 Å². The van der Waals surface area contributed by atoms with Crippen molar-refractivity contribution in [3.05, 3.63) is 118 Å². The van der Waals surface area contributed by atoms with E-state index in [1.54, 1.807) is 0 Å². The minimum absolute atomic E-state index is 0.106. The van der Waals surface area contributed by atoms with E-state index in [4.69, 9.17) is 27.9 Å². The van der Waals surface area contributed by atoms with E-state index >= 15 is 8.78 Å². The summed E-state index contributed by atoms with van der Waals surface area (Å²) in [5.74, 6) is -3.43. The van der Waals surface area contributed by atoms with E-state index in [9.17, 15) is 26.3 Å². The number of ether oxygens (including phenoxy) is 1. The van der Waals surface area contributed by atoms with E-state index in [-0.39, 0.29) is 33.4 Å². The van der Waals surface area contributed by atoms with Gasteiger partial charge in [-0.25, -0.2) is 8.78 Å². The van der Waals surface area contributed by atoms with Crippen LogP contribution in [0.1, 0.15) is 22.3 Å². The van der Waals surface area contributed by atoms with Crippen molar-refractivity contribution in [2.24, 2.45) is 0 Å². The van der Waals surface area contributed by atoms with Crippen molar-refractivity contribution < 1.29 is 39.9 Å². The third-order valence-electron chi connectivity index (χ3n) is 6.06. The van der Waals surface area contributed by atoms with E-state index in [0.29, 0.717) is 12.1 Å². The Morgan fingerprint density at radius 2 is 0.951 bits per heavy atom. The van der Waals surface area contributed by atoms with Crippen LogP contribution in [0.5, 0.6) is 11.5 Å². The average molecular weight is 615 g/mol. The second-order valence-electron chi connectivity index (χ2n) is 8.58. The molecule has 0 saturated heterocycles. The summed E-state index contributed by atoms with van der Waals surface area (Å²) in [4.78, 5) is 0. The molecule has 212 valence electrons. The number of rotatable bonds is 6. The molecule has 0 heterocycles. The highest BCUT2D eigenvalue weighted by atomic mass is 35.5. The van der Waals surface area contributed by atoms with E-state index in [1.807, 2.05) is 0 Å². The fourth-order valence-electron chi connectivity index (χ4n) is 4.14. The molecule has 0 aliphatic carbocycles. The van der Waals surface area contributed by atoms with Gasteiger partial charge >= 0.3 is 12.4 Å². The van der Waals surface area contributed by atoms with E-state index < -0.39 is 56.7 Å². The van der Waals surface area contributed by atoms with Crippen LogP contribution in [-0.2, 0) is 12.4 Å². The van der Waals surface area contributed by atoms with Gasteiger partial charge in [-0.1, -0.05) is 72.8 Å². The van der Waals surface area contributed by atoms with Gasteiger partial charge in [0.05, 0.1) is 21.2 Å². The van der Waals surface area contributed by atoms with Crippen LogP contribution in [0.4, 0.5) is 35.1 Å². The van der Waals surface area contributed by atoms with Crippen molar-refractivity contribution in [2.45, 2.75) is 12.4 Å². The molecule has 1 nitrogen and oxygen atoms in total. The molecule has 4 rings (SSSR count). The normalized spacial score (nSPS) is 11.9. The molecule has 0 amide bonds. The van der Waals surface area contributed by atoms with Crippen molar-refractivity contribution in [2.75, 3.05) is 0 Å². The lowest BCUT2D eigenvalue weighted by atomic mass is 9.96. The summed E-state index contributed by atoms with van der Waals surface area (Å²) in [6.45, 7) is 7.11. The number of hydrogen-bond donors (Lipinski definition) is 0. The van der Waals surface area contributed by atoms with Gasteiger partial charge in [0.1, 0.15) is 0 Å². The third kappa shape index (κ3) is 5.96. The molecule has 0 aliphatic rings. The number of benzene rings is 4. The molecular weight excluding hydrogens is 599 g/mol. The quantitative estimate of drug-likeness (QED) is 0.196. The van der Waals surface area contributed by atoms with Gasteiger partial charge in [0.2, 0.25) is 0 Å². The molecular formula is C30H16Cl2F8O. The Hall–Kier alpha value is -3.82. The van der Waals surface area contributed by atoms with E-state index in [2.05, 4.69) is 13.2 Å². The summed E-state index contributed by atoms with van der Waals surface area (Å²) in [6.07, 6.45) is -7.24.